The molecule has 4 aromatic rings. The molecular formula is C21H18N2O3S. The van der Waals surface area contributed by atoms with Crippen LogP contribution in [0.1, 0.15) is 5.69 Å². The molecule has 0 radical (unpaired) electrons. The average Bonchev–Trinajstić information content (AvgIpc) is 2.64. The van der Waals surface area contributed by atoms with E-state index in [1.165, 1.54) is 0 Å². The summed E-state index contributed by atoms with van der Waals surface area (Å²) in [6, 6.07) is 23.1. The summed E-state index contributed by atoms with van der Waals surface area (Å²) in [6.07, 6.45) is 1.13. The van der Waals surface area contributed by atoms with Gasteiger partial charge in [-0.05, 0) is 47.2 Å². The topological polar surface area (TPSA) is 68.3 Å². The predicted molar refractivity (Wildman–Crippen MR) is 108 cm³/mol. The van der Waals surface area contributed by atoms with Crippen molar-refractivity contribution in [2.24, 2.45) is 0 Å². The molecule has 0 unspecified atom stereocenters. The van der Waals surface area contributed by atoms with Crippen LogP contribution >= 0.6 is 0 Å². The minimum absolute atomic E-state index is 0.359. The van der Waals surface area contributed by atoms with E-state index in [0.29, 0.717) is 18.0 Å². The zero-order chi connectivity index (χ0) is 18.9. The summed E-state index contributed by atoms with van der Waals surface area (Å²) < 4.78 is 31.2. The number of pyridine rings is 1. The van der Waals surface area contributed by atoms with Crippen LogP contribution in [0.4, 0.5) is 5.69 Å². The van der Waals surface area contributed by atoms with Crippen LogP contribution in [-0.4, -0.2) is 19.7 Å². The third kappa shape index (κ3) is 4.17. The Morgan fingerprint density at radius 2 is 1.67 bits per heavy atom. The molecule has 0 bridgehead atoms. The third-order valence-corrected chi connectivity index (χ3v) is 4.76. The van der Waals surface area contributed by atoms with E-state index >= 15 is 0 Å². The Labute approximate surface area is 157 Å². The predicted octanol–water partition coefficient (Wildman–Crippen LogP) is 4.34. The Hall–Kier alpha value is -3.12. The second-order valence-electron chi connectivity index (χ2n) is 6.38. The zero-order valence-corrected chi connectivity index (χ0v) is 15.5. The summed E-state index contributed by atoms with van der Waals surface area (Å²) in [4.78, 5) is 4.61. The number of rotatable bonds is 5. The smallest absolute Gasteiger partial charge is 0.229 e. The molecule has 1 N–H and O–H groups in total. The van der Waals surface area contributed by atoms with E-state index < -0.39 is 10.0 Å². The summed E-state index contributed by atoms with van der Waals surface area (Å²) in [5.74, 6) is 0.703. The Morgan fingerprint density at radius 3 is 2.52 bits per heavy atom. The Balaban J connectivity index is 1.55. The molecule has 27 heavy (non-hydrogen) atoms. The summed E-state index contributed by atoms with van der Waals surface area (Å²) in [6.45, 7) is 0.359. The number of hydrogen-bond acceptors (Lipinski definition) is 4. The standard InChI is InChI=1S/C21H18N2O3S/c1-27(24,25)23-18-9-6-15-8-11-20(13-17(15)12-18)26-14-19-10-7-16-4-2-3-5-21(16)22-19/h2-13,23H,14H2,1H3. The van der Waals surface area contributed by atoms with Crippen molar-refractivity contribution in [3.05, 3.63) is 78.5 Å². The van der Waals surface area contributed by atoms with Crippen molar-refractivity contribution in [3.63, 3.8) is 0 Å². The van der Waals surface area contributed by atoms with Crippen molar-refractivity contribution in [1.82, 2.24) is 4.98 Å². The molecular weight excluding hydrogens is 360 g/mol. The first-order valence-electron chi connectivity index (χ1n) is 8.45. The molecule has 0 atom stereocenters. The monoisotopic (exact) mass is 378 g/mol. The highest BCUT2D eigenvalue weighted by atomic mass is 32.2. The van der Waals surface area contributed by atoms with Crippen molar-refractivity contribution in [3.8, 4) is 5.75 Å². The molecule has 0 saturated carbocycles. The molecule has 6 heteroatoms. The van der Waals surface area contributed by atoms with Gasteiger partial charge >= 0.3 is 0 Å². The maximum Gasteiger partial charge on any atom is 0.229 e. The van der Waals surface area contributed by atoms with Crippen LogP contribution in [0, 0.1) is 0 Å². The van der Waals surface area contributed by atoms with Crippen LogP contribution in [0.25, 0.3) is 21.7 Å². The lowest BCUT2D eigenvalue weighted by Crippen LogP contribution is -2.09. The molecule has 0 amide bonds. The second kappa shape index (κ2) is 6.89. The van der Waals surface area contributed by atoms with Crippen molar-refractivity contribution in [1.29, 1.82) is 0 Å². The van der Waals surface area contributed by atoms with Crippen molar-refractivity contribution in [2.75, 3.05) is 11.0 Å². The number of aromatic nitrogens is 1. The largest absolute Gasteiger partial charge is 0.487 e. The van der Waals surface area contributed by atoms with Gasteiger partial charge in [-0.15, -0.1) is 0 Å². The minimum atomic E-state index is -3.31. The van der Waals surface area contributed by atoms with Crippen LogP contribution in [0.15, 0.2) is 72.8 Å². The molecule has 0 aliphatic heterocycles. The Morgan fingerprint density at radius 1 is 0.889 bits per heavy atom. The number of anilines is 1. The summed E-state index contributed by atoms with van der Waals surface area (Å²) >= 11 is 0. The molecule has 0 fully saturated rings. The molecule has 0 saturated heterocycles. The minimum Gasteiger partial charge on any atom is -0.487 e. The van der Waals surface area contributed by atoms with Crippen LogP contribution < -0.4 is 9.46 Å². The van der Waals surface area contributed by atoms with E-state index in [-0.39, 0.29) is 0 Å². The maximum atomic E-state index is 11.4. The Bertz CT molecular complexity index is 1240. The number of sulfonamides is 1. The Kier molecular flexibility index (Phi) is 4.41. The lowest BCUT2D eigenvalue weighted by molar-refractivity contribution is 0.302. The van der Waals surface area contributed by atoms with Crippen molar-refractivity contribution in [2.45, 2.75) is 6.61 Å². The van der Waals surface area contributed by atoms with Gasteiger partial charge in [0.15, 0.2) is 0 Å². The van der Waals surface area contributed by atoms with E-state index in [2.05, 4.69) is 9.71 Å². The molecule has 0 aliphatic rings. The average molecular weight is 378 g/mol. The van der Waals surface area contributed by atoms with Gasteiger partial charge in [0.2, 0.25) is 10.0 Å². The van der Waals surface area contributed by atoms with Gasteiger partial charge < -0.3 is 4.74 Å². The van der Waals surface area contributed by atoms with Gasteiger partial charge in [0.05, 0.1) is 17.5 Å². The molecule has 1 heterocycles. The van der Waals surface area contributed by atoms with E-state index in [4.69, 9.17) is 4.74 Å². The summed E-state index contributed by atoms with van der Waals surface area (Å²) in [5.41, 5.74) is 2.31. The number of para-hydroxylation sites is 1. The van der Waals surface area contributed by atoms with Crippen molar-refractivity contribution >= 4 is 37.4 Å². The van der Waals surface area contributed by atoms with Gasteiger partial charge in [-0.3, -0.25) is 4.72 Å². The van der Waals surface area contributed by atoms with E-state index in [9.17, 15) is 8.42 Å². The zero-order valence-electron chi connectivity index (χ0n) is 14.7. The lowest BCUT2D eigenvalue weighted by Gasteiger charge is -2.09. The number of nitrogens with zero attached hydrogens (tertiary/aromatic N) is 1. The fraction of sp³-hybridized carbons (Fsp3) is 0.0952. The highest BCUT2D eigenvalue weighted by Gasteiger charge is 2.05. The van der Waals surface area contributed by atoms with Gasteiger partial charge in [-0.25, -0.2) is 13.4 Å². The molecule has 0 spiro atoms. The number of hydrogen-bond donors (Lipinski definition) is 1. The fourth-order valence-corrected chi connectivity index (χ4v) is 3.49. The first-order valence-corrected chi connectivity index (χ1v) is 10.3. The molecule has 136 valence electrons. The second-order valence-corrected chi connectivity index (χ2v) is 8.13. The molecule has 0 aliphatic carbocycles. The van der Waals surface area contributed by atoms with Gasteiger partial charge in [-0.1, -0.05) is 36.4 Å². The highest BCUT2D eigenvalue weighted by Crippen LogP contribution is 2.25. The maximum absolute atomic E-state index is 11.4. The van der Waals surface area contributed by atoms with Gasteiger partial charge in [0, 0.05) is 11.1 Å². The van der Waals surface area contributed by atoms with Crippen LogP contribution in [0.2, 0.25) is 0 Å². The normalized spacial score (nSPS) is 11.6. The van der Waals surface area contributed by atoms with Crippen molar-refractivity contribution < 1.29 is 13.2 Å². The third-order valence-electron chi connectivity index (χ3n) is 4.16. The number of nitrogens with one attached hydrogen (secondary N) is 1. The lowest BCUT2D eigenvalue weighted by atomic mass is 10.1. The molecule has 5 nitrogen and oxygen atoms in total. The summed E-state index contributed by atoms with van der Waals surface area (Å²) in [7, 11) is -3.31. The van der Waals surface area contributed by atoms with Crippen LogP contribution in [-0.2, 0) is 16.6 Å². The van der Waals surface area contributed by atoms with Gasteiger partial charge in [-0.2, -0.15) is 0 Å². The number of fused-ring (bicyclic) bond motifs is 2. The summed E-state index contributed by atoms with van der Waals surface area (Å²) in [5, 5.41) is 3.00. The number of ether oxygens (including phenoxy) is 1. The van der Waals surface area contributed by atoms with Crippen LogP contribution in [0.5, 0.6) is 5.75 Å². The van der Waals surface area contributed by atoms with E-state index in [1.54, 1.807) is 12.1 Å². The van der Waals surface area contributed by atoms with Crippen LogP contribution in [0.3, 0.4) is 0 Å². The number of benzene rings is 3. The van der Waals surface area contributed by atoms with Gasteiger partial charge in [0.1, 0.15) is 12.4 Å². The van der Waals surface area contributed by atoms with E-state index in [1.807, 2.05) is 60.7 Å². The fourth-order valence-electron chi connectivity index (χ4n) is 2.94. The van der Waals surface area contributed by atoms with Gasteiger partial charge in [0.25, 0.3) is 0 Å². The first kappa shape index (κ1) is 17.3. The SMILES string of the molecule is CS(=O)(=O)Nc1ccc2ccc(OCc3ccc4ccccc4n3)cc2c1. The molecule has 3 aromatic carbocycles. The highest BCUT2D eigenvalue weighted by molar-refractivity contribution is 7.92. The quantitative estimate of drug-likeness (QED) is 0.561. The molecule has 1 aromatic heterocycles. The van der Waals surface area contributed by atoms with E-state index in [0.717, 1.165) is 33.6 Å². The molecule has 4 rings (SSSR count). The first-order chi connectivity index (χ1) is 13.0.